The first-order chi connectivity index (χ1) is 12.3. The highest BCUT2D eigenvalue weighted by atomic mass is 16.5. The van der Waals surface area contributed by atoms with E-state index in [1.807, 2.05) is 7.05 Å². The Hall–Kier alpha value is -2.04. The molecule has 2 aromatic carbocycles. The standard InChI is InChI=1S/C22H29NO3/c1-14-11-16(25-10-9-22(3,4)24)12-15(2)20(14)18-8-6-7-17-19(23-5)13-26-21(17)18/h6-8,11-12,19,23-24H,9-10,13H2,1-5H3/t19-/m1/s1. The molecule has 1 atom stereocenters. The maximum absolute atomic E-state index is 9.83. The molecule has 0 aromatic heterocycles. The predicted molar refractivity (Wildman–Crippen MR) is 105 cm³/mol. The van der Waals surface area contributed by atoms with Crippen molar-refractivity contribution < 1.29 is 14.6 Å². The summed E-state index contributed by atoms with van der Waals surface area (Å²) >= 11 is 0. The third kappa shape index (κ3) is 3.87. The summed E-state index contributed by atoms with van der Waals surface area (Å²) < 4.78 is 11.9. The van der Waals surface area contributed by atoms with E-state index in [9.17, 15) is 5.11 Å². The lowest BCUT2D eigenvalue weighted by Crippen LogP contribution is -2.21. The highest BCUT2D eigenvalue weighted by Crippen LogP contribution is 2.43. The molecule has 4 nitrogen and oxygen atoms in total. The lowest BCUT2D eigenvalue weighted by Gasteiger charge is -2.19. The zero-order valence-corrected chi connectivity index (χ0v) is 16.3. The number of likely N-dealkylation sites (N-methyl/N-ethyl adjacent to an activating group) is 1. The van der Waals surface area contributed by atoms with Crippen molar-refractivity contribution >= 4 is 0 Å². The number of aliphatic hydroxyl groups is 1. The lowest BCUT2D eigenvalue weighted by atomic mass is 9.92. The van der Waals surface area contributed by atoms with E-state index in [0.717, 1.165) is 28.2 Å². The average Bonchev–Trinajstić information content (AvgIpc) is 2.97. The van der Waals surface area contributed by atoms with E-state index in [2.05, 4.69) is 49.5 Å². The van der Waals surface area contributed by atoms with Crippen molar-refractivity contribution in [3.05, 3.63) is 47.0 Å². The Labute approximate surface area is 156 Å². The number of rotatable bonds is 6. The number of aryl methyl sites for hydroxylation is 2. The molecule has 26 heavy (non-hydrogen) atoms. The van der Waals surface area contributed by atoms with Crippen molar-refractivity contribution in [2.24, 2.45) is 0 Å². The summed E-state index contributed by atoms with van der Waals surface area (Å²) in [6, 6.07) is 10.7. The van der Waals surface area contributed by atoms with Gasteiger partial charge in [0.2, 0.25) is 0 Å². The Bertz CT molecular complexity index is 769. The van der Waals surface area contributed by atoms with Crippen LogP contribution >= 0.6 is 0 Å². The first-order valence-corrected chi connectivity index (χ1v) is 9.20. The summed E-state index contributed by atoms with van der Waals surface area (Å²) in [6.07, 6.45) is 0.596. The fraction of sp³-hybridized carbons (Fsp3) is 0.455. The molecule has 1 heterocycles. The average molecular weight is 355 g/mol. The number of hydrogen-bond donors (Lipinski definition) is 2. The topological polar surface area (TPSA) is 50.7 Å². The van der Waals surface area contributed by atoms with E-state index in [0.29, 0.717) is 19.6 Å². The number of hydrogen-bond acceptors (Lipinski definition) is 4. The van der Waals surface area contributed by atoms with Crippen LogP contribution in [0.2, 0.25) is 0 Å². The van der Waals surface area contributed by atoms with E-state index >= 15 is 0 Å². The highest BCUT2D eigenvalue weighted by molar-refractivity contribution is 5.79. The smallest absolute Gasteiger partial charge is 0.132 e. The molecule has 140 valence electrons. The molecule has 4 heteroatoms. The van der Waals surface area contributed by atoms with Crippen molar-refractivity contribution in [2.75, 3.05) is 20.3 Å². The van der Waals surface area contributed by atoms with E-state index in [4.69, 9.17) is 9.47 Å². The third-order valence-corrected chi connectivity index (χ3v) is 4.92. The molecular formula is C22H29NO3. The minimum Gasteiger partial charge on any atom is -0.493 e. The molecule has 2 aromatic rings. The van der Waals surface area contributed by atoms with E-state index in [1.54, 1.807) is 13.8 Å². The number of para-hydroxylation sites is 1. The molecule has 0 spiro atoms. The van der Waals surface area contributed by atoms with Gasteiger partial charge in [-0.3, -0.25) is 0 Å². The second-order valence-corrected chi connectivity index (χ2v) is 7.72. The first kappa shape index (κ1) is 18.7. The summed E-state index contributed by atoms with van der Waals surface area (Å²) in [6.45, 7) is 8.97. The second kappa shape index (κ2) is 7.29. The van der Waals surface area contributed by atoms with E-state index < -0.39 is 5.60 Å². The molecule has 0 saturated carbocycles. The Kier molecular flexibility index (Phi) is 5.26. The molecule has 0 aliphatic carbocycles. The molecular weight excluding hydrogens is 326 g/mol. The van der Waals surface area contributed by atoms with Crippen LogP contribution in [-0.2, 0) is 0 Å². The maximum Gasteiger partial charge on any atom is 0.132 e. The summed E-state index contributed by atoms with van der Waals surface area (Å²) in [4.78, 5) is 0. The van der Waals surface area contributed by atoms with Gasteiger partial charge in [0.15, 0.2) is 0 Å². The highest BCUT2D eigenvalue weighted by Gasteiger charge is 2.26. The Balaban J connectivity index is 1.90. The molecule has 3 rings (SSSR count). The second-order valence-electron chi connectivity index (χ2n) is 7.72. The van der Waals surface area contributed by atoms with Crippen LogP contribution in [0.4, 0.5) is 0 Å². The fourth-order valence-electron chi connectivity index (χ4n) is 3.53. The van der Waals surface area contributed by atoms with Gasteiger partial charge in [-0.2, -0.15) is 0 Å². The Morgan fingerprint density at radius 3 is 2.54 bits per heavy atom. The van der Waals surface area contributed by atoms with Gasteiger partial charge < -0.3 is 19.9 Å². The van der Waals surface area contributed by atoms with Gasteiger partial charge in [0.25, 0.3) is 0 Å². The molecule has 2 N–H and O–H groups in total. The SMILES string of the molecule is CN[C@@H]1COc2c(-c3c(C)cc(OCCC(C)(C)O)cc3C)cccc21. The van der Waals surface area contributed by atoms with Crippen molar-refractivity contribution in [1.82, 2.24) is 5.32 Å². The molecule has 0 radical (unpaired) electrons. The molecule has 0 saturated heterocycles. The third-order valence-electron chi connectivity index (χ3n) is 4.92. The zero-order valence-electron chi connectivity index (χ0n) is 16.3. The van der Waals surface area contributed by atoms with Gasteiger partial charge in [-0.15, -0.1) is 0 Å². The minimum absolute atomic E-state index is 0.245. The molecule has 1 aliphatic heterocycles. The minimum atomic E-state index is -0.712. The van der Waals surface area contributed by atoms with Crippen LogP contribution in [0.3, 0.4) is 0 Å². The summed E-state index contributed by atoms with van der Waals surface area (Å²) in [7, 11) is 1.96. The van der Waals surface area contributed by atoms with Crippen molar-refractivity contribution in [3.63, 3.8) is 0 Å². The van der Waals surface area contributed by atoms with Crippen LogP contribution in [0.15, 0.2) is 30.3 Å². The molecule has 0 fully saturated rings. The molecule has 0 amide bonds. The van der Waals surface area contributed by atoms with Gasteiger partial charge in [0, 0.05) is 17.5 Å². The number of ether oxygens (including phenoxy) is 2. The van der Waals surface area contributed by atoms with E-state index in [1.165, 1.54) is 11.1 Å². The van der Waals surface area contributed by atoms with Gasteiger partial charge in [0.1, 0.15) is 18.1 Å². The van der Waals surface area contributed by atoms with Crippen LogP contribution in [0, 0.1) is 13.8 Å². The van der Waals surface area contributed by atoms with Crippen molar-refractivity contribution in [3.8, 4) is 22.6 Å². The van der Waals surface area contributed by atoms with Crippen LogP contribution in [0.5, 0.6) is 11.5 Å². The number of benzene rings is 2. The molecule has 1 aliphatic rings. The summed E-state index contributed by atoms with van der Waals surface area (Å²) in [5.74, 6) is 1.82. The Morgan fingerprint density at radius 2 is 1.92 bits per heavy atom. The quantitative estimate of drug-likeness (QED) is 0.817. The number of nitrogens with one attached hydrogen (secondary N) is 1. The van der Waals surface area contributed by atoms with Crippen LogP contribution in [0.1, 0.15) is 43.0 Å². The van der Waals surface area contributed by atoms with Crippen molar-refractivity contribution in [1.29, 1.82) is 0 Å². The van der Waals surface area contributed by atoms with Crippen LogP contribution < -0.4 is 14.8 Å². The monoisotopic (exact) mass is 355 g/mol. The number of fused-ring (bicyclic) bond motifs is 1. The predicted octanol–water partition coefficient (Wildman–Crippen LogP) is 4.16. The first-order valence-electron chi connectivity index (χ1n) is 9.20. The van der Waals surface area contributed by atoms with Gasteiger partial charge in [-0.1, -0.05) is 18.2 Å². The van der Waals surface area contributed by atoms with Crippen LogP contribution in [-0.4, -0.2) is 31.0 Å². The van der Waals surface area contributed by atoms with Crippen molar-refractivity contribution in [2.45, 2.75) is 45.8 Å². The molecule has 0 bridgehead atoms. The van der Waals surface area contributed by atoms with E-state index in [-0.39, 0.29) is 6.04 Å². The Morgan fingerprint density at radius 1 is 1.23 bits per heavy atom. The maximum atomic E-state index is 9.83. The zero-order chi connectivity index (χ0) is 18.9. The summed E-state index contributed by atoms with van der Waals surface area (Å²) in [5, 5.41) is 13.1. The normalized spacial score (nSPS) is 16.3. The largest absolute Gasteiger partial charge is 0.493 e. The lowest BCUT2D eigenvalue weighted by molar-refractivity contribution is 0.0553. The summed E-state index contributed by atoms with van der Waals surface area (Å²) in [5.41, 5.74) is 5.16. The van der Waals surface area contributed by atoms with Crippen LogP contribution in [0.25, 0.3) is 11.1 Å². The molecule has 0 unspecified atom stereocenters. The fourth-order valence-corrected chi connectivity index (χ4v) is 3.53. The van der Waals surface area contributed by atoms with Gasteiger partial charge in [-0.05, 0) is 63.6 Å². The van der Waals surface area contributed by atoms with Gasteiger partial charge >= 0.3 is 0 Å². The van der Waals surface area contributed by atoms with Gasteiger partial charge in [0.05, 0.1) is 18.2 Å². The van der Waals surface area contributed by atoms with Gasteiger partial charge in [-0.25, -0.2) is 0 Å².